The summed E-state index contributed by atoms with van der Waals surface area (Å²) in [4.78, 5) is 46.6. The third-order valence-corrected chi connectivity index (χ3v) is 3.02. The first-order valence-corrected chi connectivity index (χ1v) is 8.44. The van der Waals surface area contributed by atoms with Gasteiger partial charge in [-0.1, -0.05) is 0 Å². The Labute approximate surface area is 143 Å². The SMILES string of the molecule is Nc1[nH]c(=O)ncc1F.Nc1nc(=O)n(CCOCP(=O)(O)O)cc1F. The van der Waals surface area contributed by atoms with Crippen LogP contribution >= 0.6 is 7.60 Å². The van der Waals surface area contributed by atoms with Gasteiger partial charge in [-0.05, 0) is 0 Å². The second-order valence-electron chi connectivity index (χ2n) is 4.60. The van der Waals surface area contributed by atoms with Gasteiger partial charge in [-0.3, -0.25) is 14.1 Å². The minimum atomic E-state index is -4.24. The van der Waals surface area contributed by atoms with Gasteiger partial charge in [0.1, 0.15) is 12.2 Å². The number of nitrogens with one attached hydrogen (secondary N) is 1. The molecule has 0 saturated heterocycles. The number of hydrogen-bond donors (Lipinski definition) is 5. The lowest BCUT2D eigenvalue weighted by Crippen LogP contribution is -2.26. The number of aromatic amines is 1. The van der Waals surface area contributed by atoms with Crippen molar-refractivity contribution in [1.29, 1.82) is 0 Å². The van der Waals surface area contributed by atoms with E-state index in [0.717, 1.165) is 17.0 Å². The fourth-order valence-electron chi connectivity index (χ4n) is 1.38. The first kappa shape index (κ1) is 21.4. The topological polar surface area (TPSA) is 199 Å². The summed E-state index contributed by atoms with van der Waals surface area (Å²) in [6.07, 6.45) is 0.867. The van der Waals surface area contributed by atoms with E-state index in [4.69, 9.17) is 21.3 Å². The lowest BCUT2D eigenvalue weighted by molar-refractivity contribution is 0.147. The van der Waals surface area contributed by atoms with Crippen LogP contribution in [0.25, 0.3) is 0 Å². The van der Waals surface area contributed by atoms with Crippen molar-refractivity contribution < 1.29 is 27.9 Å². The molecule has 0 bridgehead atoms. The highest BCUT2D eigenvalue weighted by atomic mass is 31.2. The van der Waals surface area contributed by atoms with Crippen molar-refractivity contribution in [3.63, 3.8) is 0 Å². The number of halogens is 2. The van der Waals surface area contributed by atoms with E-state index in [0.29, 0.717) is 0 Å². The summed E-state index contributed by atoms with van der Waals surface area (Å²) in [6.45, 7) is -0.237. The second-order valence-corrected chi connectivity index (χ2v) is 6.19. The quantitative estimate of drug-likeness (QED) is 0.296. The molecule has 2 heterocycles. The van der Waals surface area contributed by atoms with Crippen LogP contribution in [0.4, 0.5) is 20.4 Å². The fraction of sp³-hybridized carbons (Fsp3) is 0.273. The lowest BCUT2D eigenvalue weighted by atomic mass is 10.5. The zero-order valence-corrected chi connectivity index (χ0v) is 13.9. The van der Waals surface area contributed by atoms with Crippen molar-refractivity contribution in [3.8, 4) is 0 Å². The Morgan fingerprint density at radius 3 is 2.46 bits per heavy atom. The highest BCUT2D eigenvalue weighted by Crippen LogP contribution is 2.33. The Kier molecular flexibility index (Phi) is 7.52. The molecule has 7 N–H and O–H groups in total. The number of H-pyrrole nitrogens is 1. The fourth-order valence-corrected chi connectivity index (χ4v) is 1.74. The van der Waals surface area contributed by atoms with E-state index >= 15 is 0 Å². The van der Waals surface area contributed by atoms with Crippen molar-refractivity contribution in [3.05, 3.63) is 45.0 Å². The van der Waals surface area contributed by atoms with Gasteiger partial charge in [0, 0.05) is 6.20 Å². The molecule has 0 aliphatic rings. The Morgan fingerprint density at radius 1 is 1.27 bits per heavy atom. The molecule has 15 heteroatoms. The summed E-state index contributed by atoms with van der Waals surface area (Å²) >= 11 is 0. The molecule has 0 atom stereocenters. The van der Waals surface area contributed by atoms with E-state index in [9.17, 15) is 22.9 Å². The number of anilines is 2. The summed E-state index contributed by atoms with van der Waals surface area (Å²) in [5, 5.41) is 0. The van der Waals surface area contributed by atoms with Crippen LogP contribution in [0, 0.1) is 11.6 Å². The van der Waals surface area contributed by atoms with Crippen LogP contribution in [0.5, 0.6) is 0 Å². The van der Waals surface area contributed by atoms with E-state index in [2.05, 4.69) is 14.7 Å². The van der Waals surface area contributed by atoms with Crippen molar-refractivity contribution >= 4 is 19.2 Å². The van der Waals surface area contributed by atoms with Crippen LogP contribution in [-0.4, -0.2) is 42.3 Å². The maximum absolute atomic E-state index is 12.9. The van der Waals surface area contributed by atoms with Gasteiger partial charge in [-0.15, -0.1) is 0 Å². The van der Waals surface area contributed by atoms with E-state index in [1.165, 1.54) is 0 Å². The maximum atomic E-state index is 12.9. The maximum Gasteiger partial charge on any atom is 0.350 e. The molecule has 0 fully saturated rings. The van der Waals surface area contributed by atoms with E-state index in [1.54, 1.807) is 0 Å². The Bertz CT molecular complexity index is 913. The third kappa shape index (κ3) is 7.48. The number of nitrogen functional groups attached to an aromatic ring is 2. The number of rotatable bonds is 5. The average molecular weight is 396 g/mol. The molecule has 0 aromatic carbocycles. The van der Waals surface area contributed by atoms with E-state index in [-0.39, 0.29) is 19.0 Å². The smallest absolute Gasteiger partial charge is 0.350 e. The largest absolute Gasteiger partial charge is 0.383 e. The highest BCUT2D eigenvalue weighted by Gasteiger charge is 2.12. The molecule has 2 rings (SSSR count). The minimum Gasteiger partial charge on any atom is -0.383 e. The Balaban J connectivity index is 0.000000314. The standard InChI is InChI=1S/C7H11FN3O5P.C4H4FN3O/c8-5-3-11(7(12)10-6(5)9)1-2-16-4-17(13,14)15;5-2-1-7-4(9)8-3(2)6/h3H,1-2,4H2,(H2,9,10,12)(H2,13,14,15);1H,(H3,6,7,8,9). The normalized spacial score (nSPS) is 10.9. The molecular weight excluding hydrogens is 381 g/mol. The van der Waals surface area contributed by atoms with Crippen LogP contribution in [0.1, 0.15) is 0 Å². The molecule has 0 radical (unpaired) electrons. The van der Waals surface area contributed by atoms with Crippen LogP contribution < -0.4 is 22.8 Å². The molecule has 26 heavy (non-hydrogen) atoms. The molecule has 0 unspecified atom stereocenters. The minimum absolute atomic E-state index is 0.0803. The molecule has 2 aromatic heterocycles. The van der Waals surface area contributed by atoms with Crippen molar-refractivity contribution in [2.75, 3.05) is 24.4 Å². The number of hydrogen-bond acceptors (Lipinski definition) is 8. The summed E-state index contributed by atoms with van der Waals surface area (Å²) in [6, 6.07) is 0. The summed E-state index contributed by atoms with van der Waals surface area (Å²) in [5.41, 5.74) is 8.61. The first-order valence-electron chi connectivity index (χ1n) is 6.64. The summed E-state index contributed by atoms with van der Waals surface area (Å²) in [5.74, 6) is -2.34. The predicted octanol–water partition coefficient (Wildman–Crippen LogP) is -1.39. The Hall–Kier alpha value is -2.67. The molecule has 0 spiro atoms. The predicted molar refractivity (Wildman–Crippen MR) is 85.0 cm³/mol. The zero-order valence-electron chi connectivity index (χ0n) is 13.0. The number of nitrogens with zero attached hydrogens (tertiary/aromatic N) is 3. The van der Waals surface area contributed by atoms with Crippen LogP contribution in [0.2, 0.25) is 0 Å². The Morgan fingerprint density at radius 2 is 1.92 bits per heavy atom. The van der Waals surface area contributed by atoms with Gasteiger partial charge in [0.15, 0.2) is 17.5 Å². The van der Waals surface area contributed by atoms with Gasteiger partial charge in [0.2, 0.25) is 0 Å². The van der Waals surface area contributed by atoms with Crippen molar-refractivity contribution in [1.82, 2.24) is 19.5 Å². The van der Waals surface area contributed by atoms with Crippen LogP contribution in [-0.2, 0) is 15.8 Å². The zero-order chi connectivity index (χ0) is 19.9. The molecular formula is C11H15F2N6O6P. The van der Waals surface area contributed by atoms with Crippen LogP contribution in [0.15, 0.2) is 22.0 Å². The highest BCUT2D eigenvalue weighted by molar-refractivity contribution is 7.51. The third-order valence-electron chi connectivity index (χ3n) is 2.51. The van der Waals surface area contributed by atoms with E-state index in [1.807, 2.05) is 4.98 Å². The second kappa shape index (κ2) is 9.15. The van der Waals surface area contributed by atoms with Gasteiger partial charge >= 0.3 is 19.0 Å². The molecule has 0 aliphatic heterocycles. The molecule has 0 aliphatic carbocycles. The van der Waals surface area contributed by atoms with E-state index < -0.39 is 42.8 Å². The number of ether oxygens (including phenoxy) is 1. The lowest BCUT2D eigenvalue weighted by Gasteiger charge is -2.07. The molecule has 12 nitrogen and oxygen atoms in total. The van der Waals surface area contributed by atoms with Gasteiger partial charge in [-0.2, -0.15) is 9.97 Å². The molecule has 0 amide bonds. The average Bonchev–Trinajstić information content (AvgIpc) is 2.52. The van der Waals surface area contributed by atoms with Gasteiger partial charge in [0.05, 0.1) is 19.3 Å². The first-order chi connectivity index (χ1) is 12.0. The van der Waals surface area contributed by atoms with Gasteiger partial charge < -0.3 is 26.0 Å². The van der Waals surface area contributed by atoms with Crippen molar-refractivity contribution in [2.45, 2.75) is 6.54 Å². The summed E-state index contributed by atoms with van der Waals surface area (Å²) < 4.78 is 41.0. The number of aromatic nitrogens is 4. The molecule has 2 aromatic rings. The monoisotopic (exact) mass is 396 g/mol. The molecule has 144 valence electrons. The number of nitrogens with two attached hydrogens (primary N) is 2. The summed E-state index contributed by atoms with van der Waals surface area (Å²) in [7, 11) is -4.24. The molecule has 0 saturated carbocycles. The van der Waals surface area contributed by atoms with Crippen LogP contribution in [0.3, 0.4) is 0 Å². The van der Waals surface area contributed by atoms with Crippen molar-refractivity contribution in [2.24, 2.45) is 0 Å². The van der Waals surface area contributed by atoms with Gasteiger partial charge in [-0.25, -0.2) is 18.4 Å². The van der Waals surface area contributed by atoms with Gasteiger partial charge in [0.25, 0.3) is 0 Å².